The highest BCUT2D eigenvalue weighted by molar-refractivity contribution is 6.01. The number of pyridine rings is 1. The van der Waals surface area contributed by atoms with Gasteiger partial charge in [-0.1, -0.05) is 37.6 Å². The van der Waals surface area contributed by atoms with Crippen LogP contribution in [0.1, 0.15) is 41.4 Å². The normalized spacial score (nSPS) is 14.4. The van der Waals surface area contributed by atoms with E-state index in [1.54, 1.807) is 11.1 Å². The Hall–Kier alpha value is -2.69. The molecule has 0 saturated heterocycles. The molecule has 2 amide bonds. The molecular weight excluding hydrogens is 302 g/mol. The molecule has 3 rings (SSSR count). The quantitative estimate of drug-likeness (QED) is 0.888. The molecule has 0 aliphatic carbocycles. The molecule has 0 radical (unpaired) electrons. The van der Waals surface area contributed by atoms with E-state index in [9.17, 15) is 9.59 Å². The summed E-state index contributed by atoms with van der Waals surface area (Å²) in [6.07, 6.45) is 3.18. The molecule has 0 spiro atoms. The van der Waals surface area contributed by atoms with Gasteiger partial charge in [0.2, 0.25) is 5.91 Å². The van der Waals surface area contributed by atoms with Crippen LogP contribution >= 0.6 is 0 Å². The van der Waals surface area contributed by atoms with E-state index in [0.29, 0.717) is 25.1 Å². The maximum Gasteiger partial charge on any atom is 0.255 e. The summed E-state index contributed by atoms with van der Waals surface area (Å²) in [4.78, 5) is 31.2. The summed E-state index contributed by atoms with van der Waals surface area (Å²) in [5.41, 5.74) is 2.49. The van der Waals surface area contributed by atoms with E-state index in [4.69, 9.17) is 0 Å². The van der Waals surface area contributed by atoms with E-state index in [-0.39, 0.29) is 11.8 Å². The smallest absolute Gasteiger partial charge is 0.255 e. The van der Waals surface area contributed by atoms with Gasteiger partial charge in [-0.3, -0.25) is 14.6 Å². The maximum absolute atomic E-state index is 12.7. The number of nitrogens with one attached hydrogen (secondary N) is 1. The van der Waals surface area contributed by atoms with E-state index in [1.807, 2.05) is 49.4 Å². The Morgan fingerprint density at radius 3 is 2.75 bits per heavy atom. The first-order valence-electron chi connectivity index (χ1n) is 8.27. The fourth-order valence-corrected chi connectivity index (χ4v) is 3.03. The van der Waals surface area contributed by atoms with Crippen molar-refractivity contribution in [3.05, 3.63) is 65.5 Å². The Morgan fingerprint density at radius 2 is 2.04 bits per heavy atom. The summed E-state index contributed by atoms with van der Waals surface area (Å²) >= 11 is 0. The molecule has 2 heterocycles. The molecule has 0 saturated carbocycles. The highest BCUT2D eigenvalue weighted by Gasteiger charge is 2.35. The molecule has 1 aromatic carbocycles. The zero-order valence-corrected chi connectivity index (χ0v) is 13.7. The van der Waals surface area contributed by atoms with E-state index in [1.165, 1.54) is 0 Å². The minimum absolute atomic E-state index is 0.0583. The first kappa shape index (κ1) is 16.2. The average Bonchev–Trinajstić information content (AvgIpc) is 2.95. The van der Waals surface area contributed by atoms with Crippen molar-refractivity contribution in [3.63, 3.8) is 0 Å². The molecule has 5 heteroatoms. The lowest BCUT2D eigenvalue weighted by molar-refractivity contribution is -0.126. The second-order valence-electron chi connectivity index (χ2n) is 5.93. The SMILES string of the molecule is CCCC(C(=O)NCc1ccccn1)N1Cc2ccccc2C1=O. The van der Waals surface area contributed by atoms with Gasteiger partial charge in [-0.15, -0.1) is 0 Å². The van der Waals surface area contributed by atoms with Crippen LogP contribution in [0.5, 0.6) is 0 Å². The van der Waals surface area contributed by atoms with Crippen molar-refractivity contribution in [1.82, 2.24) is 15.2 Å². The molecule has 124 valence electrons. The second-order valence-corrected chi connectivity index (χ2v) is 5.93. The number of benzene rings is 1. The highest BCUT2D eigenvalue weighted by Crippen LogP contribution is 2.26. The van der Waals surface area contributed by atoms with Gasteiger partial charge in [0, 0.05) is 18.3 Å². The zero-order valence-electron chi connectivity index (χ0n) is 13.7. The number of hydrogen-bond acceptors (Lipinski definition) is 3. The van der Waals surface area contributed by atoms with Crippen LogP contribution in [0.4, 0.5) is 0 Å². The summed E-state index contributed by atoms with van der Waals surface area (Å²) < 4.78 is 0. The molecule has 1 aliphatic rings. The van der Waals surface area contributed by atoms with Crippen LogP contribution in [0.25, 0.3) is 0 Å². The molecule has 1 N–H and O–H groups in total. The number of amides is 2. The maximum atomic E-state index is 12.7. The lowest BCUT2D eigenvalue weighted by Gasteiger charge is -2.26. The van der Waals surface area contributed by atoms with Crippen molar-refractivity contribution >= 4 is 11.8 Å². The molecule has 1 unspecified atom stereocenters. The number of fused-ring (bicyclic) bond motifs is 1. The van der Waals surface area contributed by atoms with Crippen LogP contribution < -0.4 is 5.32 Å². The Bertz CT molecular complexity index is 730. The summed E-state index contributed by atoms with van der Waals surface area (Å²) in [6.45, 7) is 2.89. The number of hydrogen-bond donors (Lipinski definition) is 1. The predicted molar refractivity (Wildman–Crippen MR) is 91.1 cm³/mol. The third-order valence-electron chi connectivity index (χ3n) is 4.26. The van der Waals surface area contributed by atoms with Gasteiger partial charge in [-0.2, -0.15) is 0 Å². The largest absolute Gasteiger partial charge is 0.349 e. The molecule has 1 atom stereocenters. The molecule has 1 aromatic heterocycles. The van der Waals surface area contributed by atoms with Gasteiger partial charge < -0.3 is 10.2 Å². The lowest BCUT2D eigenvalue weighted by atomic mass is 10.1. The van der Waals surface area contributed by atoms with Crippen LogP contribution in [0.15, 0.2) is 48.7 Å². The van der Waals surface area contributed by atoms with Crippen LogP contribution in [0.2, 0.25) is 0 Å². The first-order valence-corrected chi connectivity index (χ1v) is 8.27. The van der Waals surface area contributed by atoms with Crippen molar-refractivity contribution in [2.24, 2.45) is 0 Å². The number of carbonyl (C=O) groups excluding carboxylic acids is 2. The van der Waals surface area contributed by atoms with Crippen molar-refractivity contribution in [2.75, 3.05) is 0 Å². The molecular formula is C19H21N3O2. The van der Waals surface area contributed by atoms with Crippen molar-refractivity contribution in [2.45, 2.75) is 38.9 Å². The minimum Gasteiger partial charge on any atom is -0.349 e. The summed E-state index contributed by atoms with van der Waals surface area (Å²) in [5, 5.41) is 2.91. The van der Waals surface area contributed by atoms with Crippen molar-refractivity contribution in [1.29, 1.82) is 0 Å². The molecule has 0 fully saturated rings. The van der Waals surface area contributed by atoms with E-state index < -0.39 is 6.04 Å². The Kier molecular flexibility index (Phi) is 4.89. The van der Waals surface area contributed by atoms with E-state index in [0.717, 1.165) is 17.7 Å². The van der Waals surface area contributed by atoms with Gasteiger partial charge in [0.25, 0.3) is 5.91 Å². The molecule has 24 heavy (non-hydrogen) atoms. The van der Waals surface area contributed by atoms with Gasteiger partial charge in [-0.05, 0) is 30.2 Å². The Balaban J connectivity index is 1.71. The predicted octanol–water partition coefficient (Wildman–Crippen LogP) is 2.52. The minimum atomic E-state index is -0.446. The molecule has 0 bridgehead atoms. The number of aromatic nitrogens is 1. The first-order chi connectivity index (χ1) is 11.7. The fraction of sp³-hybridized carbons (Fsp3) is 0.316. The highest BCUT2D eigenvalue weighted by atomic mass is 16.2. The number of nitrogens with zero attached hydrogens (tertiary/aromatic N) is 2. The monoisotopic (exact) mass is 323 g/mol. The summed E-state index contributed by atoms with van der Waals surface area (Å²) in [5.74, 6) is -0.180. The van der Waals surface area contributed by atoms with Gasteiger partial charge in [0.05, 0.1) is 12.2 Å². The number of carbonyl (C=O) groups is 2. The standard InChI is InChI=1S/C19H21N3O2/c1-2-7-17(18(23)21-12-15-9-5-6-11-20-15)22-13-14-8-3-4-10-16(14)19(22)24/h3-6,8-11,17H,2,7,12-13H2,1H3,(H,21,23). The molecule has 1 aliphatic heterocycles. The Labute approximate surface area is 141 Å². The van der Waals surface area contributed by atoms with Gasteiger partial charge >= 0.3 is 0 Å². The Morgan fingerprint density at radius 1 is 1.25 bits per heavy atom. The van der Waals surface area contributed by atoms with Crippen LogP contribution in [-0.2, 0) is 17.9 Å². The average molecular weight is 323 g/mol. The third kappa shape index (κ3) is 3.30. The van der Waals surface area contributed by atoms with E-state index in [2.05, 4.69) is 10.3 Å². The number of rotatable bonds is 6. The summed E-state index contributed by atoms with van der Waals surface area (Å²) in [6, 6.07) is 12.7. The van der Waals surface area contributed by atoms with E-state index >= 15 is 0 Å². The molecule has 2 aromatic rings. The van der Waals surface area contributed by atoms with Crippen LogP contribution in [0, 0.1) is 0 Å². The van der Waals surface area contributed by atoms with Crippen molar-refractivity contribution < 1.29 is 9.59 Å². The van der Waals surface area contributed by atoms with Gasteiger partial charge in [0.15, 0.2) is 0 Å². The van der Waals surface area contributed by atoms with Crippen molar-refractivity contribution in [3.8, 4) is 0 Å². The second kappa shape index (κ2) is 7.25. The zero-order chi connectivity index (χ0) is 16.9. The third-order valence-corrected chi connectivity index (χ3v) is 4.26. The topological polar surface area (TPSA) is 62.3 Å². The van der Waals surface area contributed by atoms with Gasteiger partial charge in [0.1, 0.15) is 6.04 Å². The fourth-order valence-electron chi connectivity index (χ4n) is 3.03. The molecule has 5 nitrogen and oxygen atoms in total. The van der Waals surface area contributed by atoms with Gasteiger partial charge in [-0.25, -0.2) is 0 Å². The van der Waals surface area contributed by atoms with Crippen LogP contribution in [0.3, 0.4) is 0 Å². The lowest BCUT2D eigenvalue weighted by Crippen LogP contribution is -2.46. The summed E-state index contributed by atoms with van der Waals surface area (Å²) in [7, 11) is 0. The van der Waals surface area contributed by atoms with Crippen LogP contribution in [-0.4, -0.2) is 27.7 Å².